The summed E-state index contributed by atoms with van der Waals surface area (Å²) in [6.45, 7) is 6.80. The highest BCUT2D eigenvalue weighted by Crippen LogP contribution is 2.44. The zero-order valence-electron chi connectivity index (χ0n) is 16.4. The van der Waals surface area contributed by atoms with Crippen molar-refractivity contribution in [2.75, 3.05) is 6.61 Å². The van der Waals surface area contributed by atoms with Crippen molar-refractivity contribution in [3.05, 3.63) is 22.8 Å². The van der Waals surface area contributed by atoms with E-state index in [1.54, 1.807) is 0 Å². The lowest BCUT2D eigenvalue weighted by atomic mass is 9.80. The molecule has 0 heterocycles. The lowest BCUT2D eigenvalue weighted by Crippen LogP contribution is -2.32. The third-order valence-corrected chi connectivity index (χ3v) is 5.37. The average molecular weight is 337 g/mol. The molecular formula is C22H40O2. The first-order valence-corrected chi connectivity index (χ1v) is 10.4. The van der Waals surface area contributed by atoms with Crippen molar-refractivity contribution < 1.29 is 10.2 Å². The average Bonchev–Trinajstić information content (AvgIpc) is 2.83. The molecule has 2 nitrogen and oxygen atoms in total. The standard InChI is InChI=1S/C22H40O2/c1-4-7-10-11-12-16-22(24)20(15-17-23)18-19(13-8-5-2)21(22)14-9-6-3/h18,23-24H,4-17H2,1-3H3. The van der Waals surface area contributed by atoms with Crippen LogP contribution in [0, 0.1) is 0 Å². The van der Waals surface area contributed by atoms with Gasteiger partial charge in [-0.15, -0.1) is 0 Å². The molecule has 0 aromatic rings. The number of aliphatic hydroxyl groups is 2. The molecule has 1 aliphatic rings. The second-order valence-electron chi connectivity index (χ2n) is 7.38. The summed E-state index contributed by atoms with van der Waals surface area (Å²) in [5, 5.41) is 21.0. The molecule has 0 aliphatic heterocycles. The Labute approximate surface area is 150 Å². The molecule has 0 amide bonds. The Hall–Kier alpha value is -0.600. The van der Waals surface area contributed by atoms with Gasteiger partial charge in [0.05, 0.1) is 0 Å². The summed E-state index contributed by atoms with van der Waals surface area (Å²) in [6.07, 6.45) is 16.5. The Bertz CT molecular complexity index is 408. The predicted octanol–water partition coefficient (Wildman–Crippen LogP) is 6.08. The van der Waals surface area contributed by atoms with Crippen molar-refractivity contribution in [1.82, 2.24) is 0 Å². The molecule has 1 atom stereocenters. The number of allylic oxidation sites excluding steroid dienone is 2. The van der Waals surface area contributed by atoms with Crippen molar-refractivity contribution in [2.45, 2.75) is 110 Å². The van der Waals surface area contributed by atoms with E-state index in [-0.39, 0.29) is 6.61 Å². The number of hydrogen-bond acceptors (Lipinski definition) is 2. The van der Waals surface area contributed by atoms with Crippen LogP contribution in [0.5, 0.6) is 0 Å². The van der Waals surface area contributed by atoms with Gasteiger partial charge in [0, 0.05) is 6.61 Å². The van der Waals surface area contributed by atoms with Crippen LogP contribution in [0.3, 0.4) is 0 Å². The predicted molar refractivity (Wildman–Crippen MR) is 104 cm³/mol. The first-order chi connectivity index (χ1) is 11.6. The molecule has 140 valence electrons. The van der Waals surface area contributed by atoms with E-state index < -0.39 is 5.60 Å². The Balaban J connectivity index is 2.88. The van der Waals surface area contributed by atoms with Crippen LogP contribution in [0.4, 0.5) is 0 Å². The van der Waals surface area contributed by atoms with E-state index in [1.807, 2.05) is 0 Å². The molecule has 0 spiro atoms. The molecule has 0 saturated heterocycles. The largest absolute Gasteiger partial charge is 0.396 e. The fourth-order valence-corrected chi connectivity index (χ4v) is 3.88. The minimum atomic E-state index is -0.771. The van der Waals surface area contributed by atoms with Crippen LogP contribution in [-0.2, 0) is 0 Å². The first-order valence-electron chi connectivity index (χ1n) is 10.4. The molecule has 0 aromatic heterocycles. The van der Waals surface area contributed by atoms with Gasteiger partial charge in [-0.05, 0) is 61.7 Å². The molecule has 0 radical (unpaired) electrons. The monoisotopic (exact) mass is 336 g/mol. The van der Waals surface area contributed by atoms with Gasteiger partial charge in [-0.2, -0.15) is 0 Å². The zero-order valence-corrected chi connectivity index (χ0v) is 16.4. The maximum atomic E-state index is 11.6. The Kier molecular flexibility index (Phi) is 10.6. The highest BCUT2D eigenvalue weighted by Gasteiger charge is 2.39. The highest BCUT2D eigenvalue weighted by molar-refractivity contribution is 5.49. The lowest BCUT2D eigenvalue weighted by Gasteiger charge is -2.31. The lowest BCUT2D eigenvalue weighted by molar-refractivity contribution is 0.0949. The van der Waals surface area contributed by atoms with E-state index in [0.29, 0.717) is 6.42 Å². The number of aliphatic hydroxyl groups excluding tert-OH is 1. The molecule has 24 heavy (non-hydrogen) atoms. The first kappa shape index (κ1) is 21.4. The maximum absolute atomic E-state index is 11.6. The maximum Gasteiger partial charge on any atom is 0.108 e. The summed E-state index contributed by atoms with van der Waals surface area (Å²) in [4.78, 5) is 0. The van der Waals surface area contributed by atoms with Gasteiger partial charge in [-0.1, -0.05) is 65.4 Å². The van der Waals surface area contributed by atoms with E-state index in [2.05, 4.69) is 26.8 Å². The summed E-state index contributed by atoms with van der Waals surface area (Å²) < 4.78 is 0. The molecule has 0 bridgehead atoms. The van der Waals surface area contributed by atoms with Crippen LogP contribution in [0.25, 0.3) is 0 Å². The second-order valence-corrected chi connectivity index (χ2v) is 7.38. The van der Waals surface area contributed by atoms with Crippen molar-refractivity contribution in [1.29, 1.82) is 0 Å². The van der Waals surface area contributed by atoms with Crippen LogP contribution in [-0.4, -0.2) is 22.4 Å². The van der Waals surface area contributed by atoms with Crippen molar-refractivity contribution in [3.63, 3.8) is 0 Å². The number of rotatable bonds is 14. The smallest absolute Gasteiger partial charge is 0.108 e. The molecule has 1 rings (SSSR count). The summed E-state index contributed by atoms with van der Waals surface area (Å²) in [5.41, 5.74) is 2.94. The molecule has 2 heteroatoms. The molecule has 0 saturated carbocycles. The van der Waals surface area contributed by atoms with E-state index in [0.717, 1.165) is 44.1 Å². The zero-order chi connectivity index (χ0) is 17.8. The van der Waals surface area contributed by atoms with Gasteiger partial charge < -0.3 is 10.2 Å². The topological polar surface area (TPSA) is 40.5 Å². The van der Waals surface area contributed by atoms with E-state index in [1.165, 1.54) is 49.7 Å². The number of unbranched alkanes of at least 4 members (excludes halogenated alkanes) is 6. The van der Waals surface area contributed by atoms with Crippen LogP contribution in [0.2, 0.25) is 0 Å². The van der Waals surface area contributed by atoms with Crippen LogP contribution in [0.1, 0.15) is 104 Å². The number of hydrogen-bond donors (Lipinski definition) is 2. The summed E-state index contributed by atoms with van der Waals surface area (Å²) in [5.74, 6) is 0. The van der Waals surface area contributed by atoms with Gasteiger partial charge >= 0.3 is 0 Å². The third kappa shape index (κ3) is 6.04. The summed E-state index contributed by atoms with van der Waals surface area (Å²) in [6, 6.07) is 0. The minimum Gasteiger partial charge on any atom is -0.396 e. The van der Waals surface area contributed by atoms with Gasteiger partial charge in [-0.25, -0.2) is 0 Å². The molecule has 1 aliphatic carbocycles. The van der Waals surface area contributed by atoms with Crippen LogP contribution >= 0.6 is 0 Å². The normalized spacial score (nSPS) is 20.8. The quantitative estimate of drug-likeness (QED) is 0.377. The van der Waals surface area contributed by atoms with Gasteiger partial charge in [0.1, 0.15) is 5.60 Å². The van der Waals surface area contributed by atoms with Gasteiger partial charge in [0.25, 0.3) is 0 Å². The Morgan fingerprint density at radius 1 is 0.792 bits per heavy atom. The third-order valence-electron chi connectivity index (χ3n) is 5.37. The molecule has 1 unspecified atom stereocenters. The Morgan fingerprint density at radius 2 is 1.42 bits per heavy atom. The van der Waals surface area contributed by atoms with Crippen molar-refractivity contribution >= 4 is 0 Å². The summed E-state index contributed by atoms with van der Waals surface area (Å²) in [7, 11) is 0. The van der Waals surface area contributed by atoms with Crippen LogP contribution in [0.15, 0.2) is 22.8 Å². The van der Waals surface area contributed by atoms with Gasteiger partial charge in [0.15, 0.2) is 0 Å². The molecular weight excluding hydrogens is 296 g/mol. The fraction of sp³-hybridized carbons (Fsp3) is 0.818. The minimum absolute atomic E-state index is 0.131. The molecule has 2 N–H and O–H groups in total. The van der Waals surface area contributed by atoms with E-state index in [4.69, 9.17) is 0 Å². The van der Waals surface area contributed by atoms with Crippen LogP contribution < -0.4 is 0 Å². The van der Waals surface area contributed by atoms with Gasteiger partial charge in [-0.3, -0.25) is 0 Å². The van der Waals surface area contributed by atoms with Crippen molar-refractivity contribution in [2.24, 2.45) is 0 Å². The second kappa shape index (κ2) is 11.9. The van der Waals surface area contributed by atoms with Gasteiger partial charge in [0.2, 0.25) is 0 Å². The van der Waals surface area contributed by atoms with E-state index >= 15 is 0 Å². The highest BCUT2D eigenvalue weighted by atomic mass is 16.3. The summed E-state index contributed by atoms with van der Waals surface area (Å²) >= 11 is 0. The molecule has 0 aromatic carbocycles. The van der Waals surface area contributed by atoms with Crippen molar-refractivity contribution in [3.8, 4) is 0 Å². The SMILES string of the molecule is CCCCCCCC1(O)C(CCO)=CC(CCCC)=C1CCCC. The van der Waals surface area contributed by atoms with E-state index in [9.17, 15) is 10.2 Å². The molecule has 0 fully saturated rings. The fourth-order valence-electron chi connectivity index (χ4n) is 3.88. The Morgan fingerprint density at radius 3 is 2.04 bits per heavy atom.